The SMILES string of the molecule is Cl.Fc1cccc2c3c([nH]c12)CNCCC3. The first kappa shape index (κ1) is 11.4. The van der Waals surface area contributed by atoms with Gasteiger partial charge in [-0.2, -0.15) is 0 Å². The molecule has 16 heavy (non-hydrogen) atoms. The zero-order valence-corrected chi connectivity index (χ0v) is 9.66. The Balaban J connectivity index is 0.000000963. The van der Waals surface area contributed by atoms with Crippen molar-refractivity contribution >= 4 is 23.3 Å². The summed E-state index contributed by atoms with van der Waals surface area (Å²) in [5, 5.41) is 4.38. The minimum Gasteiger partial charge on any atom is -0.355 e. The molecule has 3 rings (SSSR count). The number of hydrogen-bond acceptors (Lipinski definition) is 1. The molecule has 1 aromatic heterocycles. The first-order chi connectivity index (χ1) is 7.36. The van der Waals surface area contributed by atoms with Crippen LogP contribution < -0.4 is 5.32 Å². The predicted octanol–water partition coefficient (Wildman–Crippen LogP) is 2.76. The number of para-hydroxylation sites is 1. The van der Waals surface area contributed by atoms with Gasteiger partial charge in [-0.1, -0.05) is 12.1 Å². The van der Waals surface area contributed by atoms with Crippen molar-refractivity contribution in [3.05, 3.63) is 35.3 Å². The Labute approximate surface area is 99.6 Å². The number of fused-ring (bicyclic) bond motifs is 3. The van der Waals surface area contributed by atoms with Gasteiger partial charge in [-0.25, -0.2) is 4.39 Å². The second kappa shape index (κ2) is 4.44. The highest BCUT2D eigenvalue weighted by Gasteiger charge is 2.15. The molecule has 0 fully saturated rings. The molecular weight excluding hydrogens is 227 g/mol. The summed E-state index contributed by atoms with van der Waals surface area (Å²) in [5.41, 5.74) is 3.09. The van der Waals surface area contributed by atoms with Gasteiger partial charge in [0, 0.05) is 17.6 Å². The van der Waals surface area contributed by atoms with Crippen molar-refractivity contribution < 1.29 is 4.39 Å². The lowest BCUT2D eigenvalue weighted by molar-refractivity contribution is 0.635. The summed E-state index contributed by atoms with van der Waals surface area (Å²) < 4.78 is 13.5. The van der Waals surface area contributed by atoms with Gasteiger partial charge in [0.1, 0.15) is 5.82 Å². The number of benzene rings is 1. The number of hydrogen-bond donors (Lipinski definition) is 2. The van der Waals surface area contributed by atoms with E-state index < -0.39 is 0 Å². The molecule has 0 spiro atoms. The van der Waals surface area contributed by atoms with Gasteiger partial charge in [-0.3, -0.25) is 0 Å². The van der Waals surface area contributed by atoms with E-state index in [-0.39, 0.29) is 18.2 Å². The number of rotatable bonds is 0. The third kappa shape index (κ3) is 1.70. The zero-order valence-electron chi connectivity index (χ0n) is 8.85. The molecule has 0 aliphatic carbocycles. The molecule has 0 saturated carbocycles. The average Bonchev–Trinajstić information content (AvgIpc) is 2.45. The highest BCUT2D eigenvalue weighted by molar-refractivity contribution is 5.85. The number of nitrogens with one attached hydrogen (secondary N) is 2. The maximum Gasteiger partial charge on any atom is 0.147 e. The fraction of sp³-hybridized carbons (Fsp3) is 0.333. The predicted molar refractivity (Wildman–Crippen MR) is 65.5 cm³/mol. The van der Waals surface area contributed by atoms with Gasteiger partial charge < -0.3 is 10.3 Å². The van der Waals surface area contributed by atoms with Crippen molar-refractivity contribution in [2.24, 2.45) is 0 Å². The molecule has 86 valence electrons. The van der Waals surface area contributed by atoms with E-state index in [1.165, 1.54) is 11.6 Å². The summed E-state index contributed by atoms with van der Waals surface area (Å²) >= 11 is 0. The lowest BCUT2D eigenvalue weighted by atomic mass is 10.1. The van der Waals surface area contributed by atoms with Crippen LogP contribution in [-0.4, -0.2) is 11.5 Å². The molecule has 2 heterocycles. The highest BCUT2D eigenvalue weighted by atomic mass is 35.5. The summed E-state index contributed by atoms with van der Waals surface area (Å²) in [6.45, 7) is 1.86. The Bertz CT molecular complexity index is 507. The second-order valence-electron chi connectivity index (χ2n) is 4.02. The maximum atomic E-state index is 13.5. The van der Waals surface area contributed by atoms with Crippen LogP contribution >= 0.6 is 12.4 Å². The van der Waals surface area contributed by atoms with Gasteiger partial charge in [0.25, 0.3) is 0 Å². The molecule has 1 aromatic carbocycles. The monoisotopic (exact) mass is 240 g/mol. The summed E-state index contributed by atoms with van der Waals surface area (Å²) in [7, 11) is 0. The zero-order chi connectivity index (χ0) is 10.3. The van der Waals surface area contributed by atoms with Crippen molar-refractivity contribution in [3.63, 3.8) is 0 Å². The quantitative estimate of drug-likeness (QED) is 0.728. The number of aromatic amines is 1. The van der Waals surface area contributed by atoms with E-state index in [0.717, 1.165) is 37.0 Å². The van der Waals surface area contributed by atoms with Crippen LogP contribution in [0.1, 0.15) is 17.7 Å². The van der Waals surface area contributed by atoms with Crippen LogP contribution in [0.25, 0.3) is 10.9 Å². The third-order valence-electron chi connectivity index (χ3n) is 3.06. The minimum atomic E-state index is -0.152. The Morgan fingerprint density at radius 1 is 1.25 bits per heavy atom. The number of aromatic nitrogens is 1. The normalized spacial score (nSPS) is 15.3. The molecule has 0 amide bonds. The molecule has 0 radical (unpaired) electrons. The molecular formula is C12H14ClFN2. The van der Waals surface area contributed by atoms with E-state index in [4.69, 9.17) is 0 Å². The van der Waals surface area contributed by atoms with Crippen LogP contribution in [0.15, 0.2) is 18.2 Å². The van der Waals surface area contributed by atoms with Gasteiger partial charge in [0.2, 0.25) is 0 Å². The molecule has 2 N–H and O–H groups in total. The first-order valence-corrected chi connectivity index (χ1v) is 5.35. The molecule has 0 unspecified atom stereocenters. The van der Waals surface area contributed by atoms with Crippen molar-refractivity contribution in [1.29, 1.82) is 0 Å². The Hall–Kier alpha value is -1.06. The van der Waals surface area contributed by atoms with Crippen molar-refractivity contribution in [2.75, 3.05) is 6.54 Å². The van der Waals surface area contributed by atoms with Gasteiger partial charge in [-0.05, 0) is 31.0 Å². The Morgan fingerprint density at radius 2 is 2.12 bits per heavy atom. The number of H-pyrrole nitrogens is 1. The maximum absolute atomic E-state index is 13.5. The van der Waals surface area contributed by atoms with E-state index in [9.17, 15) is 4.39 Å². The molecule has 0 bridgehead atoms. The molecule has 1 aliphatic rings. The average molecular weight is 241 g/mol. The summed E-state index contributed by atoms with van der Waals surface area (Å²) in [6.07, 6.45) is 2.16. The van der Waals surface area contributed by atoms with Crippen LogP contribution in [0.5, 0.6) is 0 Å². The fourth-order valence-corrected chi connectivity index (χ4v) is 2.33. The lowest BCUT2D eigenvalue weighted by Crippen LogP contribution is -2.12. The van der Waals surface area contributed by atoms with Crippen LogP contribution in [0.2, 0.25) is 0 Å². The summed E-state index contributed by atoms with van der Waals surface area (Å²) in [5.74, 6) is -0.152. The van der Waals surface area contributed by atoms with E-state index in [1.807, 2.05) is 6.07 Å². The van der Waals surface area contributed by atoms with Gasteiger partial charge in [0.15, 0.2) is 0 Å². The Morgan fingerprint density at radius 3 is 3.00 bits per heavy atom. The smallest absolute Gasteiger partial charge is 0.147 e. The van der Waals surface area contributed by atoms with Crippen LogP contribution in [-0.2, 0) is 13.0 Å². The van der Waals surface area contributed by atoms with E-state index in [1.54, 1.807) is 6.07 Å². The van der Waals surface area contributed by atoms with Crippen molar-refractivity contribution in [1.82, 2.24) is 10.3 Å². The standard InChI is InChI=1S/C12H13FN2.ClH/c13-10-5-1-3-9-8-4-2-6-14-7-11(8)15-12(9)10;/h1,3,5,14-15H,2,4,6-7H2;1H. The number of aryl methyl sites for hydroxylation is 1. The van der Waals surface area contributed by atoms with Gasteiger partial charge in [0.05, 0.1) is 5.52 Å². The van der Waals surface area contributed by atoms with Crippen LogP contribution in [0.4, 0.5) is 4.39 Å². The fourth-order valence-electron chi connectivity index (χ4n) is 2.33. The Kier molecular flexibility index (Phi) is 3.17. The van der Waals surface area contributed by atoms with Crippen molar-refractivity contribution in [3.8, 4) is 0 Å². The molecule has 0 atom stereocenters. The van der Waals surface area contributed by atoms with E-state index >= 15 is 0 Å². The van der Waals surface area contributed by atoms with Gasteiger partial charge >= 0.3 is 0 Å². The van der Waals surface area contributed by atoms with E-state index in [0.29, 0.717) is 5.52 Å². The van der Waals surface area contributed by atoms with Crippen LogP contribution in [0.3, 0.4) is 0 Å². The van der Waals surface area contributed by atoms with E-state index in [2.05, 4.69) is 10.3 Å². The van der Waals surface area contributed by atoms with Crippen molar-refractivity contribution in [2.45, 2.75) is 19.4 Å². The number of halogens is 2. The first-order valence-electron chi connectivity index (χ1n) is 5.35. The highest BCUT2D eigenvalue weighted by Crippen LogP contribution is 2.26. The summed E-state index contributed by atoms with van der Waals surface area (Å²) in [4.78, 5) is 3.19. The third-order valence-corrected chi connectivity index (χ3v) is 3.06. The van der Waals surface area contributed by atoms with Gasteiger partial charge in [-0.15, -0.1) is 12.4 Å². The summed E-state index contributed by atoms with van der Waals surface area (Å²) in [6, 6.07) is 5.29. The largest absolute Gasteiger partial charge is 0.355 e. The molecule has 1 aliphatic heterocycles. The minimum absolute atomic E-state index is 0. The lowest BCUT2D eigenvalue weighted by Gasteiger charge is -1.96. The topological polar surface area (TPSA) is 27.8 Å². The van der Waals surface area contributed by atoms with Crippen LogP contribution in [0, 0.1) is 5.82 Å². The molecule has 2 nitrogen and oxygen atoms in total. The molecule has 2 aromatic rings. The molecule has 4 heteroatoms. The second-order valence-corrected chi connectivity index (χ2v) is 4.02. The molecule has 0 saturated heterocycles.